The van der Waals surface area contributed by atoms with Crippen LogP contribution in [-0.4, -0.2) is 24.5 Å². The first-order valence-corrected chi connectivity index (χ1v) is 12.6. The van der Waals surface area contributed by atoms with Crippen molar-refractivity contribution >= 4 is 11.9 Å². The van der Waals surface area contributed by atoms with Crippen LogP contribution in [0.2, 0.25) is 0 Å². The molecule has 0 bridgehead atoms. The summed E-state index contributed by atoms with van der Waals surface area (Å²) >= 11 is 0. The molecule has 1 rings (SSSR count). The van der Waals surface area contributed by atoms with E-state index in [1.54, 1.807) is 13.8 Å². The molecule has 1 unspecified atom stereocenters. The first-order valence-electron chi connectivity index (χ1n) is 12.6. The maximum Gasteiger partial charge on any atom is 0.328 e. The van der Waals surface area contributed by atoms with Gasteiger partial charge in [0.2, 0.25) is 5.82 Å². The van der Waals surface area contributed by atoms with Crippen LogP contribution in [-0.2, 0) is 9.53 Å². The predicted octanol–water partition coefficient (Wildman–Crippen LogP) is 7.38. The van der Waals surface area contributed by atoms with Crippen LogP contribution in [0.3, 0.4) is 0 Å². The van der Waals surface area contributed by atoms with Gasteiger partial charge in [-0.25, -0.2) is 26.7 Å². The first-order chi connectivity index (χ1) is 16.6. The molecule has 1 amide bonds. The topological polar surface area (TPSA) is 55.4 Å². The van der Waals surface area contributed by atoms with Crippen molar-refractivity contribution in [1.29, 1.82) is 0 Å². The number of carbonyl (C=O) groups excluding carboxylic acids is 2. The molecule has 4 nitrogen and oxygen atoms in total. The first kappa shape index (κ1) is 30.8. The molecule has 1 atom stereocenters. The van der Waals surface area contributed by atoms with E-state index in [4.69, 9.17) is 4.74 Å². The van der Waals surface area contributed by atoms with E-state index in [2.05, 4.69) is 6.92 Å². The summed E-state index contributed by atoms with van der Waals surface area (Å²) in [6.07, 6.45) is 13.7. The Labute approximate surface area is 205 Å². The van der Waals surface area contributed by atoms with Crippen LogP contribution in [0.15, 0.2) is 0 Å². The summed E-state index contributed by atoms with van der Waals surface area (Å²) in [7, 11) is 0. The second-order valence-electron chi connectivity index (χ2n) is 9.20. The molecular weight excluding hydrogens is 469 g/mol. The number of nitrogens with one attached hydrogen (secondary N) is 1. The summed E-state index contributed by atoms with van der Waals surface area (Å²) in [5.74, 6) is -14.3. The van der Waals surface area contributed by atoms with Crippen molar-refractivity contribution in [3.05, 3.63) is 34.6 Å². The summed E-state index contributed by atoms with van der Waals surface area (Å²) in [4.78, 5) is 24.6. The number of amides is 1. The second kappa shape index (κ2) is 16.5. The van der Waals surface area contributed by atoms with Crippen LogP contribution in [0, 0.1) is 35.0 Å². The van der Waals surface area contributed by atoms with Gasteiger partial charge in [-0.3, -0.25) is 4.79 Å². The molecule has 0 aliphatic carbocycles. The predicted molar refractivity (Wildman–Crippen MR) is 124 cm³/mol. The molecular formula is C26H38F5NO3. The minimum absolute atomic E-state index is 0.109. The highest BCUT2D eigenvalue weighted by atomic mass is 19.2. The van der Waals surface area contributed by atoms with Gasteiger partial charge in [-0.05, 0) is 12.3 Å². The summed E-state index contributed by atoms with van der Waals surface area (Å²) in [6, 6.07) is -1.31. The van der Waals surface area contributed by atoms with Gasteiger partial charge < -0.3 is 10.1 Å². The minimum atomic E-state index is -2.36. The molecule has 0 saturated carbocycles. The summed E-state index contributed by atoms with van der Waals surface area (Å²) in [6.45, 7) is 5.41. The van der Waals surface area contributed by atoms with E-state index in [-0.39, 0.29) is 6.61 Å². The summed E-state index contributed by atoms with van der Waals surface area (Å²) in [5.41, 5.74) is -1.64. The smallest absolute Gasteiger partial charge is 0.328 e. The third-order valence-electron chi connectivity index (χ3n) is 5.89. The molecule has 9 heteroatoms. The lowest BCUT2D eigenvalue weighted by Gasteiger charge is -2.21. The van der Waals surface area contributed by atoms with Crippen LogP contribution in [0.25, 0.3) is 0 Å². The molecule has 0 aliphatic heterocycles. The maximum atomic E-state index is 13.9. The number of halogens is 5. The van der Waals surface area contributed by atoms with Gasteiger partial charge in [0.05, 0.1) is 6.61 Å². The molecule has 0 saturated heterocycles. The van der Waals surface area contributed by atoms with Gasteiger partial charge in [-0.15, -0.1) is 0 Å². The van der Waals surface area contributed by atoms with Gasteiger partial charge >= 0.3 is 5.97 Å². The molecule has 0 heterocycles. The molecule has 1 aromatic carbocycles. The van der Waals surface area contributed by atoms with E-state index in [1.165, 1.54) is 51.4 Å². The molecule has 0 radical (unpaired) electrons. The molecule has 0 spiro atoms. The van der Waals surface area contributed by atoms with Crippen LogP contribution < -0.4 is 5.32 Å². The highest BCUT2D eigenvalue weighted by Gasteiger charge is 2.33. The number of benzene rings is 1. The average Bonchev–Trinajstić information content (AvgIpc) is 2.82. The van der Waals surface area contributed by atoms with Crippen LogP contribution in [0.1, 0.15) is 108 Å². The Hall–Kier alpha value is -2.19. The van der Waals surface area contributed by atoms with Gasteiger partial charge in [-0.1, -0.05) is 91.4 Å². The number of carbonyl (C=O) groups is 2. The Morgan fingerprint density at radius 1 is 0.686 bits per heavy atom. The van der Waals surface area contributed by atoms with Crippen molar-refractivity contribution in [2.24, 2.45) is 5.92 Å². The third kappa shape index (κ3) is 10.1. The van der Waals surface area contributed by atoms with Crippen molar-refractivity contribution in [2.45, 2.75) is 104 Å². The number of ether oxygens (including phenoxy) is 1. The van der Waals surface area contributed by atoms with Crippen molar-refractivity contribution in [3.63, 3.8) is 0 Å². The Morgan fingerprint density at radius 2 is 1.09 bits per heavy atom. The highest BCUT2D eigenvalue weighted by Crippen LogP contribution is 2.23. The van der Waals surface area contributed by atoms with E-state index in [9.17, 15) is 31.5 Å². The second-order valence-corrected chi connectivity index (χ2v) is 9.20. The highest BCUT2D eigenvalue weighted by molar-refractivity contribution is 5.97. The quantitative estimate of drug-likeness (QED) is 0.0787. The molecule has 200 valence electrons. The van der Waals surface area contributed by atoms with E-state index < -0.39 is 58.5 Å². The molecule has 0 aromatic heterocycles. The Bertz CT molecular complexity index is 788. The number of esters is 1. The largest absolute Gasteiger partial charge is 0.464 e. The third-order valence-corrected chi connectivity index (χ3v) is 5.89. The molecule has 1 aromatic rings. The lowest BCUT2D eigenvalue weighted by atomic mass is 10.0. The van der Waals surface area contributed by atoms with Crippen LogP contribution in [0.5, 0.6) is 0 Å². The van der Waals surface area contributed by atoms with Gasteiger partial charge in [0, 0.05) is 0 Å². The van der Waals surface area contributed by atoms with E-state index in [0.717, 1.165) is 19.3 Å². The fraction of sp³-hybridized carbons (Fsp3) is 0.692. The lowest BCUT2D eigenvalue weighted by Crippen LogP contribution is -2.46. The standard InChI is InChI=1S/C26H38F5NO3/c1-4-5-6-7-8-9-10-11-12-13-14-15-16-35-26(34)24(17(2)3)32-25(33)18-19(27)21(29)23(31)22(30)20(18)28/h17,24H,4-16H2,1-3H3,(H,32,33). The zero-order chi connectivity index (χ0) is 26.4. The van der Waals surface area contributed by atoms with Gasteiger partial charge in [0.25, 0.3) is 5.91 Å². The fourth-order valence-electron chi connectivity index (χ4n) is 3.72. The Balaban J connectivity index is 2.40. The summed E-state index contributed by atoms with van der Waals surface area (Å²) < 4.78 is 72.9. The number of hydrogen-bond acceptors (Lipinski definition) is 3. The Morgan fingerprint density at radius 3 is 1.51 bits per heavy atom. The van der Waals surface area contributed by atoms with Crippen LogP contribution in [0.4, 0.5) is 22.0 Å². The van der Waals surface area contributed by atoms with E-state index in [1.807, 2.05) is 5.32 Å². The van der Waals surface area contributed by atoms with Crippen molar-refractivity contribution < 1.29 is 36.3 Å². The normalized spacial score (nSPS) is 12.1. The average molecular weight is 508 g/mol. The molecule has 35 heavy (non-hydrogen) atoms. The zero-order valence-electron chi connectivity index (χ0n) is 21.0. The number of rotatable bonds is 17. The van der Waals surface area contributed by atoms with E-state index >= 15 is 0 Å². The molecule has 0 fully saturated rings. The van der Waals surface area contributed by atoms with Gasteiger partial charge in [-0.2, -0.15) is 0 Å². The monoisotopic (exact) mass is 507 g/mol. The number of hydrogen-bond donors (Lipinski definition) is 1. The zero-order valence-corrected chi connectivity index (χ0v) is 21.0. The minimum Gasteiger partial charge on any atom is -0.464 e. The summed E-state index contributed by atoms with van der Waals surface area (Å²) in [5, 5.41) is 2.04. The van der Waals surface area contributed by atoms with Crippen LogP contribution >= 0.6 is 0 Å². The fourth-order valence-corrected chi connectivity index (χ4v) is 3.72. The van der Waals surface area contributed by atoms with Crippen molar-refractivity contribution in [1.82, 2.24) is 5.32 Å². The molecule has 1 N–H and O–H groups in total. The lowest BCUT2D eigenvalue weighted by molar-refractivity contribution is -0.147. The number of unbranched alkanes of at least 4 members (excludes halogenated alkanes) is 11. The van der Waals surface area contributed by atoms with Crippen molar-refractivity contribution in [3.8, 4) is 0 Å². The van der Waals surface area contributed by atoms with Gasteiger partial charge in [0.15, 0.2) is 23.3 Å². The SMILES string of the molecule is CCCCCCCCCCCCCCOC(=O)C(NC(=O)c1c(F)c(F)c(F)c(F)c1F)C(C)C. The van der Waals surface area contributed by atoms with E-state index in [0.29, 0.717) is 6.42 Å². The molecule has 0 aliphatic rings. The van der Waals surface area contributed by atoms with Gasteiger partial charge in [0.1, 0.15) is 11.6 Å². The van der Waals surface area contributed by atoms with Crippen molar-refractivity contribution in [2.75, 3.05) is 6.61 Å². The Kier molecular flexibility index (Phi) is 14.5. The maximum absolute atomic E-state index is 13.9.